The number of piperidine rings is 1. The lowest BCUT2D eigenvalue weighted by atomic mass is 9.96. The fourth-order valence-corrected chi connectivity index (χ4v) is 5.18. The molecule has 10 nitrogen and oxygen atoms in total. The number of anilines is 2. The van der Waals surface area contributed by atoms with E-state index in [2.05, 4.69) is 30.4 Å². The maximum Gasteiger partial charge on any atom is 0.261 e. The molecule has 1 saturated heterocycles. The van der Waals surface area contributed by atoms with E-state index < -0.39 is 0 Å². The van der Waals surface area contributed by atoms with Gasteiger partial charge in [-0.3, -0.25) is 19.3 Å². The van der Waals surface area contributed by atoms with Crippen molar-refractivity contribution >= 4 is 40.1 Å². The van der Waals surface area contributed by atoms with Crippen LogP contribution >= 0.6 is 11.3 Å². The summed E-state index contributed by atoms with van der Waals surface area (Å²) in [6.07, 6.45) is 1.79. The van der Waals surface area contributed by atoms with Crippen LogP contribution in [0.3, 0.4) is 0 Å². The molecule has 0 unspecified atom stereocenters. The Morgan fingerprint density at radius 2 is 1.66 bits per heavy atom. The number of hydrogen-bond donors (Lipinski definition) is 1. The predicted molar refractivity (Wildman–Crippen MR) is 130 cm³/mol. The lowest BCUT2D eigenvalue weighted by Gasteiger charge is -2.31. The maximum atomic E-state index is 12.8. The number of carbonyl (C=O) groups excluding carboxylic acids is 3. The average Bonchev–Trinajstić information content (AvgIpc) is 3.39. The van der Waals surface area contributed by atoms with Crippen LogP contribution in [0.1, 0.15) is 50.0 Å². The molecule has 0 radical (unpaired) electrons. The second-order valence-corrected chi connectivity index (χ2v) is 9.82. The molecule has 0 spiro atoms. The molecular formula is C24H25N7O3S. The minimum atomic E-state index is -0.291. The molecule has 0 aliphatic carbocycles. The molecule has 3 aromatic rings. The van der Waals surface area contributed by atoms with Crippen molar-refractivity contribution < 1.29 is 14.4 Å². The van der Waals surface area contributed by atoms with Gasteiger partial charge in [0.15, 0.2) is 0 Å². The molecule has 2 aliphatic heterocycles. The maximum absolute atomic E-state index is 12.8. The van der Waals surface area contributed by atoms with Crippen molar-refractivity contribution in [3.8, 4) is 0 Å². The highest BCUT2D eigenvalue weighted by Gasteiger charge is 2.35. The van der Waals surface area contributed by atoms with Gasteiger partial charge in [0.05, 0.1) is 11.1 Å². The first kappa shape index (κ1) is 23.0. The van der Waals surface area contributed by atoms with E-state index in [1.54, 1.807) is 24.3 Å². The molecule has 11 heteroatoms. The first-order valence-electron chi connectivity index (χ1n) is 11.5. The Bertz CT molecular complexity index is 1240. The standard InChI is InChI=1S/C24H25N7O3S/c1-14-13-15(2)26-23(25-14)30-10-7-16(8-11-30)20(32)27-24-29-28-19(35-24)9-12-31-21(33)17-5-3-4-6-18(17)22(31)34/h3-6,13,16H,7-12H2,1-2H3,(H,27,29,32). The summed E-state index contributed by atoms with van der Waals surface area (Å²) in [5.74, 6) is -0.0625. The molecule has 0 saturated carbocycles. The van der Waals surface area contributed by atoms with E-state index in [-0.39, 0.29) is 30.2 Å². The number of nitrogens with zero attached hydrogens (tertiary/aromatic N) is 6. The Hall–Kier alpha value is -3.73. The molecule has 3 amide bonds. The van der Waals surface area contributed by atoms with Crippen LogP contribution in [0, 0.1) is 19.8 Å². The molecule has 0 atom stereocenters. The van der Waals surface area contributed by atoms with Gasteiger partial charge in [-0.15, -0.1) is 10.2 Å². The van der Waals surface area contributed by atoms with Crippen LogP contribution in [0.2, 0.25) is 0 Å². The van der Waals surface area contributed by atoms with Crippen molar-refractivity contribution in [1.82, 2.24) is 25.1 Å². The SMILES string of the molecule is Cc1cc(C)nc(N2CCC(C(=O)Nc3nnc(CCN4C(=O)c5ccccc5C4=O)s3)CC2)n1. The molecule has 180 valence electrons. The third-order valence-corrected chi connectivity index (χ3v) is 7.14. The number of nitrogens with one attached hydrogen (secondary N) is 1. The van der Waals surface area contributed by atoms with Gasteiger partial charge in [-0.2, -0.15) is 0 Å². The van der Waals surface area contributed by atoms with E-state index in [1.165, 1.54) is 16.2 Å². The highest BCUT2D eigenvalue weighted by atomic mass is 32.1. The molecule has 1 N–H and O–H groups in total. The van der Waals surface area contributed by atoms with E-state index in [1.807, 2.05) is 19.9 Å². The number of rotatable bonds is 6. The van der Waals surface area contributed by atoms with Gasteiger partial charge in [0.1, 0.15) is 5.01 Å². The van der Waals surface area contributed by atoms with Crippen LogP contribution in [0.15, 0.2) is 30.3 Å². The molecule has 0 bridgehead atoms. The lowest BCUT2D eigenvalue weighted by Crippen LogP contribution is -2.39. The molecule has 1 fully saturated rings. The van der Waals surface area contributed by atoms with Gasteiger partial charge in [0.25, 0.3) is 11.8 Å². The van der Waals surface area contributed by atoms with Crippen molar-refractivity contribution in [1.29, 1.82) is 0 Å². The summed E-state index contributed by atoms with van der Waals surface area (Å²) in [4.78, 5) is 50.2. The van der Waals surface area contributed by atoms with Crippen LogP contribution in [0.4, 0.5) is 11.1 Å². The van der Waals surface area contributed by atoms with Gasteiger partial charge in [-0.05, 0) is 44.9 Å². The molecule has 2 aliphatic rings. The number of carbonyl (C=O) groups is 3. The van der Waals surface area contributed by atoms with Crippen molar-refractivity contribution in [2.75, 3.05) is 29.9 Å². The number of amides is 3. The van der Waals surface area contributed by atoms with Crippen LogP contribution in [0.25, 0.3) is 0 Å². The monoisotopic (exact) mass is 491 g/mol. The molecular weight excluding hydrogens is 466 g/mol. The second-order valence-electron chi connectivity index (χ2n) is 8.76. The summed E-state index contributed by atoms with van der Waals surface area (Å²) in [6.45, 7) is 5.54. The summed E-state index contributed by atoms with van der Waals surface area (Å²) in [5.41, 5.74) is 2.72. The zero-order valence-electron chi connectivity index (χ0n) is 19.5. The first-order valence-corrected chi connectivity index (χ1v) is 12.4. The zero-order valence-corrected chi connectivity index (χ0v) is 20.3. The Balaban J connectivity index is 1.12. The van der Waals surface area contributed by atoms with Crippen LogP contribution in [0.5, 0.6) is 0 Å². The number of hydrogen-bond acceptors (Lipinski definition) is 9. The Morgan fingerprint density at radius 1 is 1.03 bits per heavy atom. The molecule has 1 aromatic carbocycles. The summed E-state index contributed by atoms with van der Waals surface area (Å²) in [5, 5.41) is 12.1. The van der Waals surface area contributed by atoms with Crippen LogP contribution in [-0.4, -0.2) is 62.4 Å². The quantitative estimate of drug-likeness (QED) is 0.523. The van der Waals surface area contributed by atoms with Crippen molar-refractivity contribution in [2.24, 2.45) is 5.92 Å². The van der Waals surface area contributed by atoms with Crippen LogP contribution in [-0.2, 0) is 11.2 Å². The number of benzene rings is 1. The topological polar surface area (TPSA) is 121 Å². The minimum absolute atomic E-state index is 0.0750. The van der Waals surface area contributed by atoms with Gasteiger partial charge in [0, 0.05) is 43.4 Å². The third kappa shape index (κ3) is 4.76. The summed E-state index contributed by atoms with van der Waals surface area (Å²) in [7, 11) is 0. The van der Waals surface area contributed by atoms with Crippen molar-refractivity contribution in [3.05, 3.63) is 57.9 Å². The summed E-state index contributed by atoms with van der Waals surface area (Å²) < 4.78 is 0. The average molecular weight is 492 g/mol. The van der Waals surface area contributed by atoms with Gasteiger partial charge in [0.2, 0.25) is 17.0 Å². The second kappa shape index (κ2) is 9.49. The predicted octanol–water partition coefficient (Wildman–Crippen LogP) is 2.64. The Kier molecular flexibility index (Phi) is 6.25. The van der Waals surface area contributed by atoms with Gasteiger partial charge >= 0.3 is 0 Å². The lowest BCUT2D eigenvalue weighted by molar-refractivity contribution is -0.120. The van der Waals surface area contributed by atoms with E-state index >= 15 is 0 Å². The number of fused-ring (bicyclic) bond motifs is 1. The first-order chi connectivity index (χ1) is 16.9. The molecule has 2 aromatic heterocycles. The summed E-state index contributed by atoms with van der Waals surface area (Å²) >= 11 is 1.26. The largest absolute Gasteiger partial charge is 0.341 e. The van der Waals surface area contributed by atoms with Crippen LogP contribution < -0.4 is 10.2 Å². The van der Waals surface area contributed by atoms with E-state index in [0.717, 1.165) is 11.4 Å². The van der Waals surface area contributed by atoms with Crippen molar-refractivity contribution in [3.63, 3.8) is 0 Å². The van der Waals surface area contributed by atoms with E-state index in [4.69, 9.17) is 0 Å². The minimum Gasteiger partial charge on any atom is -0.341 e. The van der Waals surface area contributed by atoms with E-state index in [9.17, 15) is 14.4 Å². The van der Waals surface area contributed by atoms with Gasteiger partial charge < -0.3 is 10.2 Å². The highest BCUT2D eigenvalue weighted by molar-refractivity contribution is 7.15. The Labute approximate surface area is 206 Å². The molecule has 5 rings (SSSR count). The number of imide groups is 1. The number of aromatic nitrogens is 4. The van der Waals surface area contributed by atoms with Crippen molar-refractivity contribution in [2.45, 2.75) is 33.1 Å². The van der Waals surface area contributed by atoms with E-state index in [0.29, 0.717) is 59.6 Å². The summed E-state index contributed by atoms with van der Waals surface area (Å²) in [6, 6.07) is 8.75. The number of aryl methyl sites for hydroxylation is 2. The highest BCUT2D eigenvalue weighted by Crippen LogP contribution is 2.25. The zero-order chi connectivity index (χ0) is 24.5. The van der Waals surface area contributed by atoms with Gasteiger partial charge in [-0.25, -0.2) is 9.97 Å². The third-order valence-electron chi connectivity index (χ3n) is 6.24. The smallest absolute Gasteiger partial charge is 0.261 e. The molecule has 4 heterocycles. The normalized spacial score (nSPS) is 16.1. The van der Waals surface area contributed by atoms with Gasteiger partial charge in [-0.1, -0.05) is 23.5 Å². The molecule has 35 heavy (non-hydrogen) atoms. The fraction of sp³-hybridized carbons (Fsp3) is 0.375. The fourth-order valence-electron chi connectivity index (χ4n) is 4.45. The Morgan fingerprint density at radius 3 is 2.29 bits per heavy atom.